The fourth-order valence-corrected chi connectivity index (χ4v) is 0.821. The highest BCUT2D eigenvalue weighted by Gasteiger charge is 2.01. The number of aromatic amines is 1. The summed E-state index contributed by atoms with van der Waals surface area (Å²) in [6.45, 7) is 3.36. The van der Waals surface area contributed by atoms with Gasteiger partial charge in [-0.3, -0.25) is 0 Å². The molecule has 0 aliphatic heterocycles. The maximum absolute atomic E-state index is 3.88. The first-order valence-electron chi connectivity index (χ1n) is 2.95. The molecule has 0 fully saturated rings. The van der Waals surface area contributed by atoms with Gasteiger partial charge in [0, 0.05) is 0 Å². The highest BCUT2D eigenvalue weighted by Crippen LogP contribution is 2.15. The van der Waals surface area contributed by atoms with E-state index in [-0.39, 0.29) is 0 Å². The van der Waals surface area contributed by atoms with Crippen LogP contribution in [0, 0.1) is 6.33 Å². The number of hydrogen-bond donors (Lipinski definition) is 1. The molecule has 2 heterocycles. The first-order chi connectivity index (χ1) is 5.42. The molecule has 0 atom stereocenters. The van der Waals surface area contributed by atoms with E-state index >= 15 is 0 Å². The molecule has 5 heteroatoms. The lowest BCUT2D eigenvalue weighted by Gasteiger charge is -1.89. The fraction of sp³-hybridized carbons (Fsp3) is 0. The second-order valence-electron chi connectivity index (χ2n) is 1.90. The third-order valence-electron chi connectivity index (χ3n) is 1.30. The van der Waals surface area contributed by atoms with Crippen LogP contribution in [0.4, 0.5) is 5.82 Å². The molecule has 2 rings (SSSR count). The third kappa shape index (κ3) is 0.778. The zero-order valence-corrected chi connectivity index (χ0v) is 5.57. The third-order valence-corrected chi connectivity index (χ3v) is 1.30. The Morgan fingerprint density at radius 2 is 2.45 bits per heavy atom. The van der Waals surface area contributed by atoms with Crippen molar-refractivity contribution in [3.63, 3.8) is 0 Å². The Morgan fingerprint density at radius 1 is 1.55 bits per heavy atom. The summed E-state index contributed by atoms with van der Waals surface area (Å²) in [6, 6.07) is 0. The first kappa shape index (κ1) is 5.96. The number of imidazole rings is 1. The number of aromatic nitrogens is 4. The van der Waals surface area contributed by atoms with Crippen molar-refractivity contribution < 1.29 is 0 Å². The van der Waals surface area contributed by atoms with E-state index in [9.17, 15) is 0 Å². The Balaban J connectivity index is 2.88. The van der Waals surface area contributed by atoms with Gasteiger partial charge in [0.1, 0.15) is 11.8 Å². The van der Waals surface area contributed by atoms with Gasteiger partial charge in [-0.15, -0.1) is 0 Å². The first-order valence-corrected chi connectivity index (χ1v) is 2.95. The molecule has 2 aromatic heterocycles. The average Bonchev–Trinajstić information content (AvgIpc) is 2.50. The van der Waals surface area contributed by atoms with Crippen molar-refractivity contribution in [2.24, 2.45) is 4.99 Å². The van der Waals surface area contributed by atoms with E-state index < -0.39 is 0 Å². The van der Waals surface area contributed by atoms with E-state index in [1.165, 1.54) is 6.33 Å². The smallest absolute Gasteiger partial charge is 0.183 e. The summed E-state index contributed by atoms with van der Waals surface area (Å²) in [5.74, 6) is 0.503. The molecule has 0 amide bonds. The van der Waals surface area contributed by atoms with Crippen molar-refractivity contribution in [2.75, 3.05) is 0 Å². The number of nitrogens with one attached hydrogen (secondary N) is 1. The summed E-state index contributed by atoms with van der Waals surface area (Å²) in [5, 5.41) is 0. The van der Waals surface area contributed by atoms with Gasteiger partial charge >= 0.3 is 0 Å². The Kier molecular flexibility index (Phi) is 1.15. The molecule has 0 aromatic carbocycles. The highest BCUT2D eigenvalue weighted by molar-refractivity contribution is 5.80. The van der Waals surface area contributed by atoms with Gasteiger partial charge in [0.25, 0.3) is 0 Å². The standard InChI is InChI=1S/C6H4N5/c1-7-5-4-6(10-2-8-4)11-3-9-5/h3H,1H2,(H,8,9,10,11). The van der Waals surface area contributed by atoms with Crippen LogP contribution in [-0.2, 0) is 0 Å². The number of fused-ring (bicyclic) bond motifs is 1. The minimum atomic E-state index is 0.503. The normalized spacial score (nSPS) is 10.2. The lowest BCUT2D eigenvalue weighted by Crippen LogP contribution is -1.80. The zero-order valence-electron chi connectivity index (χ0n) is 5.57. The van der Waals surface area contributed by atoms with Gasteiger partial charge in [0.15, 0.2) is 17.8 Å². The Morgan fingerprint density at radius 3 is 3.27 bits per heavy atom. The topological polar surface area (TPSA) is 66.8 Å². The van der Waals surface area contributed by atoms with Gasteiger partial charge in [0.05, 0.1) is 0 Å². The summed E-state index contributed by atoms with van der Waals surface area (Å²) in [4.78, 5) is 18.0. The molecule has 0 saturated carbocycles. The van der Waals surface area contributed by atoms with Gasteiger partial charge in [-0.05, 0) is 6.72 Å². The lowest BCUT2D eigenvalue weighted by molar-refractivity contribution is 1.18. The summed E-state index contributed by atoms with van der Waals surface area (Å²) < 4.78 is 0. The molecule has 0 aliphatic carbocycles. The average molecular weight is 146 g/mol. The van der Waals surface area contributed by atoms with Crippen LogP contribution in [0.25, 0.3) is 11.2 Å². The molecular weight excluding hydrogens is 142 g/mol. The van der Waals surface area contributed by atoms with Gasteiger partial charge in [-0.25, -0.2) is 19.9 Å². The summed E-state index contributed by atoms with van der Waals surface area (Å²) in [5.41, 5.74) is 1.23. The SMILES string of the molecule is C=Nc1ncnc2n[c][nH]c12. The van der Waals surface area contributed by atoms with E-state index in [1.54, 1.807) is 0 Å². The number of aliphatic imine (C=N–C) groups is 1. The second kappa shape index (κ2) is 2.12. The van der Waals surface area contributed by atoms with E-state index in [0.29, 0.717) is 17.0 Å². The van der Waals surface area contributed by atoms with E-state index in [0.717, 1.165) is 0 Å². The number of H-pyrrole nitrogens is 1. The van der Waals surface area contributed by atoms with Crippen LogP contribution in [0.15, 0.2) is 11.3 Å². The van der Waals surface area contributed by atoms with E-state index in [1.807, 2.05) is 0 Å². The van der Waals surface area contributed by atoms with Crippen molar-refractivity contribution in [1.82, 2.24) is 19.9 Å². The van der Waals surface area contributed by atoms with E-state index in [4.69, 9.17) is 0 Å². The highest BCUT2D eigenvalue weighted by atomic mass is 15.0. The Labute approximate surface area is 62.2 Å². The van der Waals surface area contributed by atoms with Gasteiger partial charge in [-0.2, -0.15) is 0 Å². The molecule has 0 saturated heterocycles. The van der Waals surface area contributed by atoms with Crippen molar-refractivity contribution >= 4 is 23.7 Å². The van der Waals surface area contributed by atoms with E-state index in [2.05, 4.69) is 38.0 Å². The van der Waals surface area contributed by atoms with Gasteiger partial charge in [0.2, 0.25) is 0 Å². The maximum Gasteiger partial charge on any atom is 0.183 e. The fourth-order valence-electron chi connectivity index (χ4n) is 0.821. The van der Waals surface area contributed by atoms with Crippen LogP contribution in [0.2, 0.25) is 0 Å². The van der Waals surface area contributed by atoms with Crippen LogP contribution in [0.5, 0.6) is 0 Å². The molecule has 2 aromatic rings. The quantitative estimate of drug-likeness (QED) is 0.595. The predicted octanol–water partition coefficient (Wildman–Crippen LogP) is 0.485. The molecule has 0 aliphatic rings. The zero-order chi connectivity index (χ0) is 7.68. The van der Waals surface area contributed by atoms with Crippen LogP contribution < -0.4 is 0 Å². The number of hydrogen-bond acceptors (Lipinski definition) is 4. The van der Waals surface area contributed by atoms with Crippen molar-refractivity contribution in [1.29, 1.82) is 0 Å². The summed E-state index contributed by atoms with van der Waals surface area (Å²) in [7, 11) is 0. The Hall–Kier alpha value is -1.78. The molecule has 11 heavy (non-hydrogen) atoms. The van der Waals surface area contributed by atoms with Crippen LogP contribution in [0.3, 0.4) is 0 Å². The predicted molar refractivity (Wildman–Crippen MR) is 39.7 cm³/mol. The van der Waals surface area contributed by atoms with Crippen LogP contribution in [-0.4, -0.2) is 26.7 Å². The molecule has 0 spiro atoms. The molecule has 53 valence electrons. The Bertz CT molecular complexity index is 391. The second-order valence-corrected chi connectivity index (χ2v) is 1.90. The van der Waals surface area contributed by atoms with Crippen molar-refractivity contribution in [3.8, 4) is 0 Å². The lowest BCUT2D eigenvalue weighted by atomic mass is 10.5. The summed E-state index contributed by atoms with van der Waals surface area (Å²) in [6.07, 6.45) is 3.94. The van der Waals surface area contributed by atoms with Gasteiger partial charge < -0.3 is 4.98 Å². The van der Waals surface area contributed by atoms with Crippen molar-refractivity contribution in [3.05, 3.63) is 12.7 Å². The molecule has 1 N–H and O–H groups in total. The monoisotopic (exact) mass is 146 g/mol. The molecule has 1 radical (unpaired) electrons. The largest absolute Gasteiger partial charge is 0.331 e. The molecular formula is C6H4N5. The minimum absolute atomic E-state index is 0.503. The minimum Gasteiger partial charge on any atom is -0.331 e. The molecule has 5 nitrogen and oxygen atoms in total. The molecule has 0 unspecified atom stereocenters. The van der Waals surface area contributed by atoms with Crippen LogP contribution in [0.1, 0.15) is 0 Å². The number of rotatable bonds is 1. The maximum atomic E-state index is 3.88. The summed E-state index contributed by atoms with van der Waals surface area (Å²) >= 11 is 0. The molecule has 0 bridgehead atoms. The van der Waals surface area contributed by atoms with Crippen LogP contribution >= 0.6 is 0 Å². The number of nitrogens with zero attached hydrogens (tertiary/aromatic N) is 4. The van der Waals surface area contributed by atoms with Crippen molar-refractivity contribution in [2.45, 2.75) is 0 Å². The van der Waals surface area contributed by atoms with Gasteiger partial charge in [-0.1, -0.05) is 0 Å².